The van der Waals surface area contributed by atoms with Crippen molar-refractivity contribution >= 4 is 34.7 Å². The minimum Gasteiger partial charge on any atom is -0.487 e. The Bertz CT molecular complexity index is 1170. The number of thiophene rings is 1. The van der Waals surface area contributed by atoms with Gasteiger partial charge in [0.1, 0.15) is 18.2 Å². The molecular formula is C24H23ClFNO4S. The highest BCUT2D eigenvalue weighted by Gasteiger charge is 2.39. The molecule has 2 aromatic rings. The first-order valence-electron chi connectivity index (χ1n) is 10.3. The lowest BCUT2D eigenvalue weighted by Crippen LogP contribution is -2.33. The van der Waals surface area contributed by atoms with E-state index in [-0.39, 0.29) is 17.4 Å². The third-order valence-electron chi connectivity index (χ3n) is 5.78. The van der Waals surface area contributed by atoms with Crippen molar-refractivity contribution in [3.63, 3.8) is 0 Å². The molecule has 2 heterocycles. The molecule has 1 atom stereocenters. The van der Waals surface area contributed by atoms with Gasteiger partial charge in [-0.2, -0.15) is 0 Å². The number of aryl methyl sites for hydroxylation is 1. The van der Waals surface area contributed by atoms with Gasteiger partial charge in [-0.25, -0.2) is 9.18 Å². The first-order valence-corrected chi connectivity index (χ1v) is 11.5. The number of halogens is 2. The second kappa shape index (κ2) is 9.08. The molecule has 0 saturated heterocycles. The van der Waals surface area contributed by atoms with Crippen molar-refractivity contribution < 1.29 is 23.5 Å². The number of carbonyl (C=O) groups is 2. The van der Waals surface area contributed by atoms with Crippen LogP contribution in [0.3, 0.4) is 0 Å². The maximum atomic E-state index is 13.3. The number of nitrogens with one attached hydrogen (secondary N) is 1. The molecule has 0 fully saturated rings. The fourth-order valence-electron chi connectivity index (χ4n) is 4.23. The van der Waals surface area contributed by atoms with E-state index in [1.54, 1.807) is 0 Å². The molecule has 0 spiro atoms. The van der Waals surface area contributed by atoms with Crippen LogP contribution in [0.4, 0.5) is 4.39 Å². The highest BCUT2D eigenvalue weighted by Crippen LogP contribution is 2.45. The van der Waals surface area contributed by atoms with Crippen LogP contribution >= 0.6 is 22.9 Å². The molecule has 8 heteroatoms. The minimum absolute atomic E-state index is 0.0552. The maximum Gasteiger partial charge on any atom is 0.336 e. The number of ether oxygens (including phenoxy) is 2. The van der Waals surface area contributed by atoms with Crippen molar-refractivity contribution in [3.05, 3.63) is 73.0 Å². The number of carbonyl (C=O) groups excluding carboxylic acids is 2. The van der Waals surface area contributed by atoms with E-state index < -0.39 is 17.7 Å². The lowest BCUT2D eigenvalue weighted by molar-refractivity contribution is -0.136. The Morgan fingerprint density at radius 3 is 2.78 bits per heavy atom. The average Bonchev–Trinajstić information content (AvgIpc) is 3.12. The number of methoxy groups -OCH3 is 1. The molecule has 4 rings (SSSR count). The molecule has 1 N–H and O–H groups in total. The second-order valence-electron chi connectivity index (χ2n) is 7.85. The Morgan fingerprint density at radius 1 is 1.28 bits per heavy atom. The van der Waals surface area contributed by atoms with Gasteiger partial charge in [0.15, 0.2) is 5.78 Å². The number of Topliss-reactive ketones (excluding diaryl/α,β-unsaturated/α-hetero) is 1. The van der Waals surface area contributed by atoms with Gasteiger partial charge in [-0.15, -0.1) is 11.3 Å². The third kappa shape index (κ3) is 4.19. The molecule has 0 amide bonds. The standard InChI is InChI=1S/C24H23ClFNO4S/c1-12-21(24(29)30-3)23(22-17(27-12)5-4-6-18(22)28)20-9-14(13(2)32-20)11-31-19-8-7-15(26)10-16(19)25/h7-10,23,27H,4-6,11H2,1-3H3/t23-/m0/s1. The molecule has 168 valence electrons. The lowest BCUT2D eigenvalue weighted by Gasteiger charge is -2.33. The number of benzene rings is 1. The Hall–Kier alpha value is -2.64. The summed E-state index contributed by atoms with van der Waals surface area (Å²) in [5, 5.41) is 3.46. The van der Waals surface area contributed by atoms with Crippen molar-refractivity contribution in [2.24, 2.45) is 0 Å². The van der Waals surface area contributed by atoms with E-state index in [1.165, 1.54) is 36.6 Å². The molecule has 5 nitrogen and oxygen atoms in total. The number of dihydropyridines is 1. The van der Waals surface area contributed by atoms with Crippen molar-refractivity contribution in [1.29, 1.82) is 0 Å². The smallest absolute Gasteiger partial charge is 0.336 e. The van der Waals surface area contributed by atoms with E-state index in [4.69, 9.17) is 21.1 Å². The van der Waals surface area contributed by atoms with E-state index in [2.05, 4.69) is 5.32 Å². The van der Waals surface area contributed by atoms with Gasteiger partial charge in [0.2, 0.25) is 0 Å². The van der Waals surface area contributed by atoms with Crippen molar-refractivity contribution in [2.45, 2.75) is 45.6 Å². The summed E-state index contributed by atoms with van der Waals surface area (Å²) in [6.45, 7) is 4.03. The average molecular weight is 476 g/mol. The van der Waals surface area contributed by atoms with E-state index in [0.29, 0.717) is 29.0 Å². The molecule has 2 aliphatic rings. The molecule has 0 radical (unpaired) electrons. The number of allylic oxidation sites excluding steroid dienone is 3. The van der Waals surface area contributed by atoms with Crippen LogP contribution in [0.15, 0.2) is 46.8 Å². The summed E-state index contributed by atoms with van der Waals surface area (Å²) in [6.07, 6.45) is 2.03. The minimum atomic E-state index is -0.474. The van der Waals surface area contributed by atoms with Crippen LogP contribution in [0.25, 0.3) is 0 Å². The SMILES string of the molecule is COC(=O)C1=C(C)NC2=C(C(=O)CCC2)[C@H]1c1cc(COc2ccc(F)cc2Cl)c(C)s1. The Kier molecular flexibility index (Phi) is 6.40. The molecule has 1 aliphatic heterocycles. The van der Waals surface area contributed by atoms with Gasteiger partial charge in [0.05, 0.1) is 23.6 Å². The van der Waals surface area contributed by atoms with Gasteiger partial charge in [0, 0.05) is 38.7 Å². The first kappa shape index (κ1) is 22.6. The number of hydrogen-bond donors (Lipinski definition) is 1. The second-order valence-corrected chi connectivity index (χ2v) is 9.55. The van der Waals surface area contributed by atoms with Crippen LogP contribution in [-0.4, -0.2) is 18.9 Å². The molecule has 1 aliphatic carbocycles. The topological polar surface area (TPSA) is 64.6 Å². The fourth-order valence-corrected chi connectivity index (χ4v) is 5.61. The van der Waals surface area contributed by atoms with Gasteiger partial charge in [0.25, 0.3) is 0 Å². The summed E-state index contributed by atoms with van der Waals surface area (Å²) < 4.78 is 24.2. The van der Waals surface area contributed by atoms with Gasteiger partial charge in [-0.3, -0.25) is 4.79 Å². The summed E-state index contributed by atoms with van der Waals surface area (Å²) in [4.78, 5) is 27.5. The van der Waals surface area contributed by atoms with Gasteiger partial charge >= 0.3 is 5.97 Å². The molecule has 32 heavy (non-hydrogen) atoms. The summed E-state index contributed by atoms with van der Waals surface area (Å²) in [5.41, 5.74) is 3.61. The molecule has 1 aromatic carbocycles. The van der Waals surface area contributed by atoms with Crippen molar-refractivity contribution in [2.75, 3.05) is 7.11 Å². The van der Waals surface area contributed by atoms with Gasteiger partial charge in [-0.05, 0) is 51.0 Å². The fraction of sp³-hybridized carbons (Fsp3) is 0.333. The Balaban J connectivity index is 1.70. The van der Waals surface area contributed by atoms with Crippen LogP contribution in [0.2, 0.25) is 5.02 Å². The maximum absolute atomic E-state index is 13.3. The summed E-state index contributed by atoms with van der Waals surface area (Å²) in [6, 6.07) is 5.96. The number of rotatable bonds is 5. The van der Waals surface area contributed by atoms with Crippen LogP contribution < -0.4 is 10.1 Å². The number of esters is 1. The molecule has 0 unspecified atom stereocenters. The van der Waals surface area contributed by atoms with E-state index in [1.807, 2.05) is 19.9 Å². The van der Waals surface area contributed by atoms with Crippen LogP contribution in [-0.2, 0) is 20.9 Å². The van der Waals surface area contributed by atoms with E-state index >= 15 is 0 Å². The lowest BCUT2D eigenvalue weighted by atomic mass is 9.78. The normalized spacial score (nSPS) is 18.4. The first-order chi connectivity index (χ1) is 15.3. The summed E-state index contributed by atoms with van der Waals surface area (Å²) >= 11 is 7.60. The number of ketones is 1. The van der Waals surface area contributed by atoms with E-state index in [9.17, 15) is 14.0 Å². The zero-order chi connectivity index (χ0) is 23.0. The third-order valence-corrected chi connectivity index (χ3v) is 7.24. The number of hydrogen-bond acceptors (Lipinski definition) is 6. The Labute approximate surface area is 194 Å². The highest BCUT2D eigenvalue weighted by molar-refractivity contribution is 7.12. The predicted octanol–water partition coefficient (Wildman–Crippen LogP) is 5.57. The van der Waals surface area contributed by atoms with E-state index in [0.717, 1.165) is 33.9 Å². The Morgan fingerprint density at radius 2 is 2.06 bits per heavy atom. The molecule has 1 aromatic heterocycles. The zero-order valence-corrected chi connectivity index (χ0v) is 19.6. The molecular weight excluding hydrogens is 453 g/mol. The van der Waals surface area contributed by atoms with Crippen LogP contribution in [0, 0.1) is 12.7 Å². The van der Waals surface area contributed by atoms with Crippen molar-refractivity contribution in [1.82, 2.24) is 5.32 Å². The summed E-state index contributed by atoms with van der Waals surface area (Å²) in [7, 11) is 1.34. The van der Waals surface area contributed by atoms with Crippen LogP contribution in [0.1, 0.15) is 47.4 Å². The monoisotopic (exact) mass is 475 g/mol. The van der Waals surface area contributed by atoms with Crippen molar-refractivity contribution in [3.8, 4) is 5.75 Å². The quantitative estimate of drug-likeness (QED) is 0.573. The molecule has 0 saturated carbocycles. The van der Waals surface area contributed by atoms with Crippen LogP contribution in [0.5, 0.6) is 5.75 Å². The predicted molar refractivity (Wildman–Crippen MR) is 121 cm³/mol. The summed E-state index contributed by atoms with van der Waals surface area (Å²) in [5.74, 6) is -0.911. The zero-order valence-electron chi connectivity index (χ0n) is 18.0. The largest absolute Gasteiger partial charge is 0.487 e. The van der Waals surface area contributed by atoms with Gasteiger partial charge < -0.3 is 14.8 Å². The highest BCUT2D eigenvalue weighted by atomic mass is 35.5. The van der Waals surface area contributed by atoms with Gasteiger partial charge in [-0.1, -0.05) is 11.6 Å². The molecule has 0 bridgehead atoms.